The molecule has 1 saturated heterocycles. The third-order valence-corrected chi connectivity index (χ3v) is 2.11. The monoisotopic (exact) mass is 154 g/mol. The number of hydrogen-bond donors (Lipinski definition) is 0. The lowest BCUT2D eigenvalue weighted by molar-refractivity contribution is -0.129. The van der Waals surface area contributed by atoms with E-state index < -0.39 is 0 Å². The maximum Gasteiger partial charge on any atom is 0.219 e. The molecule has 1 aliphatic heterocycles. The maximum absolute atomic E-state index is 10.8. The third kappa shape index (κ3) is 2.03. The number of amides is 1. The molecule has 0 unspecified atom stereocenters. The smallest absolute Gasteiger partial charge is 0.219 e. The van der Waals surface area contributed by atoms with E-state index in [1.54, 1.807) is 11.8 Å². The molecule has 0 aromatic heterocycles. The Hall–Kier alpha value is -0.860. The Balaban J connectivity index is 2.35. The van der Waals surface area contributed by atoms with Gasteiger partial charge in [0.15, 0.2) is 0 Å². The minimum Gasteiger partial charge on any atom is -0.343 e. The van der Waals surface area contributed by atoms with Crippen LogP contribution < -0.4 is 0 Å². The lowest BCUT2D eigenvalue weighted by Crippen LogP contribution is -2.37. The Kier molecular flexibility index (Phi) is 2.63. The first-order chi connectivity index (χ1) is 5.24. The van der Waals surface area contributed by atoms with Gasteiger partial charge in [-0.25, -0.2) is 0 Å². The van der Waals surface area contributed by atoms with E-state index in [-0.39, 0.29) is 11.8 Å². The van der Waals surface area contributed by atoms with E-state index in [4.69, 9.17) is 0 Å². The van der Waals surface area contributed by atoms with Crippen molar-refractivity contribution >= 4 is 12.2 Å². The third-order valence-electron chi connectivity index (χ3n) is 2.11. The van der Waals surface area contributed by atoms with Crippen LogP contribution in [-0.2, 0) is 9.59 Å². The summed E-state index contributed by atoms with van der Waals surface area (Å²) in [5.41, 5.74) is 0. The molecule has 0 bridgehead atoms. The Morgan fingerprint density at radius 3 is 2.36 bits per heavy atom. The average molecular weight is 154 g/mol. The van der Waals surface area contributed by atoms with Crippen molar-refractivity contribution in [1.29, 1.82) is 0 Å². The summed E-state index contributed by atoms with van der Waals surface area (Å²) in [6, 6.07) is 0. The highest BCUT2D eigenvalue weighted by atomic mass is 16.2. The number of carbonyl (C=O) groups is 1. The van der Waals surface area contributed by atoms with Crippen molar-refractivity contribution in [3.05, 3.63) is 0 Å². The van der Waals surface area contributed by atoms with Crippen molar-refractivity contribution in [3.63, 3.8) is 0 Å². The molecule has 11 heavy (non-hydrogen) atoms. The van der Waals surface area contributed by atoms with E-state index in [1.807, 2.05) is 6.29 Å². The fraction of sp³-hybridized carbons (Fsp3) is 0.750. The average Bonchev–Trinajstić information content (AvgIpc) is 2.05. The summed E-state index contributed by atoms with van der Waals surface area (Å²) in [6.07, 6.45) is 3.54. The molecule has 0 N–H and O–H groups in total. The highest BCUT2D eigenvalue weighted by molar-refractivity contribution is 5.73. The number of likely N-dealkylation sites (tertiary alicyclic amines) is 1. The lowest BCUT2D eigenvalue weighted by atomic mass is 9.99. The van der Waals surface area contributed by atoms with Crippen LogP contribution >= 0.6 is 0 Å². The van der Waals surface area contributed by atoms with Crippen molar-refractivity contribution in [2.75, 3.05) is 13.1 Å². The molecule has 1 aliphatic rings. The zero-order valence-corrected chi connectivity index (χ0v) is 6.67. The molecule has 0 atom stereocenters. The molecule has 1 fully saturated rings. The summed E-state index contributed by atoms with van der Waals surface area (Å²) >= 11 is 0. The van der Waals surface area contributed by atoms with Crippen LogP contribution in [0.5, 0.6) is 0 Å². The number of piperidine rings is 1. The summed E-state index contributed by atoms with van der Waals surface area (Å²) in [5.74, 6) is 0.167. The summed E-state index contributed by atoms with van der Waals surface area (Å²) in [5, 5.41) is 0. The van der Waals surface area contributed by atoms with Crippen LogP contribution in [0.25, 0.3) is 0 Å². The Morgan fingerprint density at radius 1 is 1.45 bits per heavy atom. The Morgan fingerprint density at radius 2 is 2.00 bits per heavy atom. The molecule has 0 spiro atoms. The Bertz CT molecular complexity index is 159. The van der Waals surface area contributed by atoms with E-state index in [9.17, 15) is 9.59 Å². The van der Waals surface area contributed by atoms with Crippen LogP contribution in [0, 0.1) is 5.92 Å². The largest absolute Gasteiger partial charge is 0.343 e. The van der Waals surface area contributed by atoms with Gasteiger partial charge in [0.1, 0.15) is 0 Å². The predicted octanol–water partition coefficient (Wildman–Crippen LogP) is 0.355. The summed E-state index contributed by atoms with van der Waals surface area (Å²) in [4.78, 5) is 22.8. The van der Waals surface area contributed by atoms with Crippen molar-refractivity contribution in [3.8, 4) is 0 Å². The van der Waals surface area contributed by atoms with Crippen LogP contribution in [0.4, 0.5) is 0 Å². The first-order valence-electron chi connectivity index (χ1n) is 3.87. The second kappa shape index (κ2) is 3.51. The van der Waals surface area contributed by atoms with Gasteiger partial charge in [0.05, 0.1) is 0 Å². The van der Waals surface area contributed by atoms with Crippen molar-refractivity contribution in [1.82, 2.24) is 4.90 Å². The Labute approximate surface area is 66.4 Å². The zero-order chi connectivity index (χ0) is 8.27. The standard InChI is InChI=1S/C8H12NO2/c1-7(11)9-4-2-8(6-10)3-5-9/h8H,2-5H2,1H3. The van der Waals surface area contributed by atoms with E-state index in [2.05, 4.69) is 0 Å². The maximum atomic E-state index is 10.8. The molecule has 1 rings (SSSR count). The fourth-order valence-electron chi connectivity index (χ4n) is 1.31. The summed E-state index contributed by atoms with van der Waals surface area (Å²) in [6.45, 7) is 3.00. The van der Waals surface area contributed by atoms with E-state index >= 15 is 0 Å². The SMILES string of the molecule is CC(=O)N1CCC([C]=O)CC1. The molecule has 0 aromatic carbocycles. The minimum absolute atomic E-state index is 0.0607. The van der Waals surface area contributed by atoms with Gasteiger partial charge in [0.2, 0.25) is 12.2 Å². The number of carbonyl (C=O) groups excluding carboxylic acids is 2. The number of nitrogens with zero attached hydrogens (tertiary/aromatic N) is 1. The van der Waals surface area contributed by atoms with Crippen LogP contribution in [0.15, 0.2) is 0 Å². The van der Waals surface area contributed by atoms with E-state index in [0.29, 0.717) is 0 Å². The minimum atomic E-state index is 0.0607. The number of hydrogen-bond acceptors (Lipinski definition) is 2. The van der Waals surface area contributed by atoms with Gasteiger partial charge < -0.3 is 4.90 Å². The van der Waals surface area contributed by atoms with Crippen LogP contribution in [0.3, 0.4) is 0 Å². The predicted molar refractivity (Wildman–Crippen MR) is 40.7 cm³/mol. The molecule has 3 nitrogen and oxygen atoms in total. The molecule has 1 amide bonds. The molecular formula is C8H12NO2. The summed E-state index contributed by atoms with van der Waals surface area (Å²) < 4.78 is 0. The second-order valence-corrected chi connectivity index (χ2v) is 2.90. The highest BCUT2D eigenvalue weighted by Gasteiger charge is 2.20. The van der Waals surface area contributed by atoms with Crippen molar-refractivity contribution in [2.45, 2.75) is 19.8 Å². The van der Waals surface area contributed by atoms with E-state index in [1.165, 1.54) is 0 Å². The first kappa shape index (κ1) is 8.24. The first-order valence-corrected chi connectivity index (χ1v) is 3.87. The van der Waals surface area contributed by atoms with Gasteiger partial charge in [-0.05, 0) is 12.8 Å². The normalized spacial score (nSPS) is 19.9. The van der Waals surface area contributed by atoms with Gasteiger partial charge >= 0.3 is 0 Å². The van der Waals surface area contributed by atoms with Crippen LogP contribution in [0.1, 0.15) is 19.8 Å². The van der Waals surface area contributed by atoms with Crippen LogP contribution in [-0.4, -0.2) is 30.2 Å². The van der Waals surface area contributed by atoms with Crippen LogP contribution in [0.2, 0.25) is 0 Å². The molecule has 61 valence electrons. The zero-order valence-electron chi connectivity index (χ0n) is 6.67. The topological polar surface area (TPSA) is 37.4 Å². The second-order valence-electron chi connectivity index (χ2n) is 2.90. The lowest BCUT2D eigenvalue weighted by Gasteiger charge is -2.28. The van der Waals surface area contributed by atoms with Gasteiger partial charge in [-0.3, -0.25) is 9.59 Å². The van der Waals surface area contributed by atoms with Crippen molar-refractivity contribution < 1.29 is 9.59 Å². The molecule has 1 heterocycles. The van der Waals surface area contributed by atoms with Gasteiger partial charge in [0.25, 0.3) is 0 Å². The molecule has 0 saturated carbocycles. The van der Waals surface area contributed by atoms with Gasteiger partial charge in [-0.15, -0.1) is 0 Å². The highest BCUT2D eigenvalue weighted by Crippen LogP contribution is 2.14. The summed E-state index contributed by atoms with van der Waals surface area (Å²) in [7, 11) is 0. The quantitative estimate of drug-likeness (QED) is 0.546. The van der Waals surface area contributed by atoms with Gasteiger partial charge in [0, 0.05) is 25.9 Å². The van der Waals surface area contributed by atoms with Gasteiger partial charge in [-0.2, -0.15) is 0 Å². The molecular weight excluding hydrogens is 142 g/mol. The molecule has 1 radical (unpaired) electrons. The molecule has 0 aromatic rings. The van der Waals surface area contributed by atoms with Gasteiger partial charge in [-0.1, -0.05) is 0 Å². The molecule has 0 aliphatic carbocycles. The fourth-order valence-corrected chi connectivity index (χ4v) is 1.31. The van der Waals surface area contributed by atoms with Crippen molar-refractivity contribution in [2.24, 2.45) is 5.92 Å². The number of rotatable bonds is 1. The van der Waals surface area contributed by atoms with E-state index in [0.717, 1.165) is 25.9 Å². The molecule has 3 heteroatoms.